The van der Waals surface area contributed by atoms with Crippen molar-refractivity contribution < 1.29 is 19.1 Å². The molecule has 7 nitrogen and oxygen atoms in total. The highest BCUT2D eigenvalue weighted by molar-refractivity contribution is 14.1. The van der Waals surface area contributed by atoms with E-state index in [1.807, 2.05) is 74.5 Å². The van der Waals surface area contributed by atoms with E-state index in [1.54, 1.807) is 50.1 Å². The topological polar surface area (TPSA) is 85.1 Å². The third-order valence-corrected chi connectivity index (χ3v) is 6.69. The zero-order chi connectivity index (χ0) is 31.2. The normalized spacial score (nSPS) is 12.0. The summed E-state index contributed by atoms with van der Waals surface area (Å²) < 4.78 is 13.7. The summed E-state index contributed by atoms with van der Waals surface area (Å²) in [5.41, 5.74) is 5.42. The van der Waals surface area contributed by atoms with E-state index in [2.05, 4.69) is 52.1 Å². The number of nitrogens with zero attached hydrogens (tertiary/aromatic N) is 2. The molecule has 9 heteroatoms. The number of likely N-dealkylation sites (N-methyl/N-ethyl adjacent to an activating group) is 2. The van der Waals surface area contributed by atoms with Gasteiger partial charge in [0.05, 0.1) is 6.10 Å². The molecule has 0 radical (unpaired) electrons. The predicted molar refractivity (Wildman–Crippen MR) is 187 cm³/mol. The van der Waals surface area contributed by atoms with Crippen LogP contribution >= 0.6 is 45.2 Å². The zero-order valence-corrected chi connectivity index (χ0v) is 29.8. The van der Waals surface area contributed by atoms with Crippen LogP contribution in [-0.4, -0.2) is 68.6 Å². The zero-order valence-electron chi connectivity index (χ0n) is 25.5. The molecule has 2 N–H and O–H groups in total. The maximum absolute atomic E-state index is 11.3. The number of nitrogens with two attached hydrogens (primary N) is 1. The molecule has 0 aliphatic rings. The largest absolute Gasteiger partial charge is 0.491 e. The Balaban J connectivity index is 0.000000646. The molecule has 0 aliphatic carbocycles. The summed E-state index contributed by atoms with van der Waals surface area (Å²) in [6.07, 6.45) is 11.1. The van der Waals surface area contributed by atoms with Gasteiger partial charge >= 0.3 is 0 Å². The Kier molecular flexibility index (Phi) is 22.2. The van der Waals surface area contributed by atoms with Crippen molar-refractivity contribution in [3.8, 4) is 11.5 Å². The van der Waals surface area contributed by atoms with E-state index in [0.29, 0.717) is 6.54 Å². The molecule has 0 saturated heterocycles. The summed E-state index contributed by atoms with van der Waals surface area (Å²) in [6.45, 7) is 6.58. The van der Waals surface area contributed by atoms with E-state index in [4.69, 9.17) is 15.2 Å². The number of rotatable bonds is 12. The van der Waals surface area contributed by atoms with Crippen LogP contribution in [0.2, 0.25) is 0 Å². The maximum Gasteiger partial charge on any atom is 0.245 e. The number of amides is 2. The van der Waals surface area contributed by atoms with Gasteiger partial charge in [0, 0.05) is 41.9 Å². The van der Waals surface area contributed by atoms with Gasteiger partial charge in [-0.1, -0.05) is 19.1 Å². The lowest BCUT2D eigenvalue weighted by atomic mass is 10.1. The lowest BCUT2D eigenvalue weighted by Gasteiger charge is -2.14. The molecule has 2 atom stereocenters. The van der Waals surface area contributed by atoms with Crippen LogP contribution in [0.3, 0.4) is 0 Å². The van der Waals surface area contributed by atoms with E-state index in [-0.39, 0.29) is 24.0 Å². The number of halogens is 2. The Morgan fingerprint density at radius 1 is 0.780 bits per heavy atom. The molecule has 0 aliphatic heterocycles. The molecule has 2 unspecified atom stereocenters. The number of allylic oxidation sites excluding steroid dienone is 2. The number of carbonyl (C=O) groups excluding carboxylic acids is 2. The van der Waals surface area contributed by atoms with Crippen LogP contribution in [0.1, 0.15) is 46.5 Å². The Morgan fingerprint density at radius 2 is 1.20 bits per heavy atom. The van der Waals surface area contributed by atoms with Gasteiger partial charge in [0.15, 0.2) is 0 Å². The minimum atomic E-state index is 0.0354. The average Bonchev–Trinajstić information content (AvgIpc) is 2.94. The predicted octanol–water partition coefficient (Wildman–Crippen LogP) is 6.93. The molecular weight excluding hydrogens is 744 g/mol. The van der Waals surface area contributed by atoms with Gasteiger partial charge < -0.3 is 25.0 Å². The molecule has 41 heavy (non-hydrogen) atoms. The Hall–Kier alpha value is -2.12. The van der Waals surface area contributed by atoms with Gasteiger partial charge in [0.1, 0.15) is 17.6 Å². The summed E-state index contributed by atoms with van der Waals surface area (Å²) in [4.78, 5) is 25.2. The molecule has 2 amide bonds. The van der Waals surface area contributed by atoms with Crippen molar-refractivity contribution in [1.82, 2.24) is 9.80 Å². The molecule has 0 bridgehead atoms. The van der Waals surface area contributed by atoms with Crippen LogP contribution in [-0.2, 0) is 9.59 Å². The second-order valence-electron chi connectivity index (χ2n) is 9.61. The van der Waals surface area contributed by atoms with Gasteiger partial charge in [-0.2, -0.15) is 0 Å². The maximum atomic E-state index is 11.3. The van der Waals surface area contributed by atoms with E-state index in [0.717, 1.165) is 37.2 Å². The number of benzene rings is 2. The second kappa shape index (κ2) is 23.4. The van der Waals surface area contributed by atoms with Crippen molar-refractivity contribution in [2.45, 2.75) is 58.7 Å². The first-order chi connectivity index (χ1) is 19.4. The number of hydrogen-bond acceptors (Lipinski definition) is 5. The van der Waals surface area contributed by atoms with Crippen molar-refractivity contribution in [1.29, 1.82) is 0 Å². The van der Waals surface area contributed by atoms with Crippen LogP contribution in [0.4, 0.5) is 0 Å². The highest BCUT2D eigenvalue weighted by Gasteiger charge is 2.04. The fourth-order valence-electron chi connectivity index (χ4n) is 2.82. The molecule has 0 fully saturated rings. The van der Waals surface area contributed by atoms with Crippen LogP contribution in [0, 0.1) is 7.14 Å². The van der Waals surface area contributed by atoms with Gasteiger partial charge in [-0.05, 0) is 145 Å². The average molecular weight is 792 g/mol. The summed E-state index contributed by atoms with van der Waals surface area (Å²) in [7, 11) is 6.98. The fourth-order valence-corrected chi connectivity index (χ4v) is 3.54. The standard InChI is InChI=1S/C16H22INO2.C9H12INO.C7H13NO/c1-13(20-15-11-9-14(17)10-12-15)7-5-4-6-8-16(19)18(2)3;1-7(6-11)12-9-4-2-8(10)3-5-9;1-4-5-6-7(9)8(2)3/h6,8-13H,4-5,7H2,1-3H3;2-5,7H,6,11H2,1H3;5-6H,4H2,1-3H3/b8-6+;;6-5+. The van der Waals surface area contributed by atoms with Gasteiger partial charge in [0.2, 0.25) is 11.8 Å². The lowest BCUT2D eigenvalue weighted by molar-refractivity contribution is -0.124. The Labute approximate surface area is 274 Å². The minimum absolute atomic E-state index is 0.0354. The minimum Gasteiger partial charge on any atom is -0.491 e. The summed E-state index contributed by atoms with van der Waals surface area (Å²) >= 11 is 4.54. The first kappa shape index (κ1) is 38.9. The number of ether oxygens (including phenoxy) is 2. The van der Waals surface area contributed by atoms with Gasteiger partial charge in [-0.25, -0.2) is 0 Å². The highest BCUT2D eigenvalue weighted by atomic mass is 127. The van der Waals surface area contributed by atoms with E-state index in [9.17, 15) is 9.59 Å². The molecule has 0 heterocycles. The number of carbonyl (C=O) groups is 2. The molecular formula is C32H47I2N3O4. The van der Waals surface area contributed by atoms with Gasteiger partial charge in [0.25, 0.3) is 0 Å². The molecule has 2 aromatic carbocycles. The van der Waals surface area contributed by atoms with Crippen LogP contribution in [0.5, 0.6) is 11.5 Å². The monoisotopic (exact) mass is 791 g/mol. The van der Waals surface area contributed by atoms with Crippen LogP contribution in [0.15, 0.2) is 72.8 Å². The molecule has 2 aromatic rings. The number of unbranched alkanes of at least 4 members (excludes halogenated alkanes) is 1. The van der Waals surface area contributed by atoms with Crippen molar-refractivity contribution in [3.05, 3.63) is 80.0 Å². The van der Waals surface area contributed by atoms with E-state index >= 15 is 0 Å². The fraction of sp³-hybridized carbons (Fsp3) is 0.438. The Morgan fingerprint density at radius 3 is 1.59 bits per heavy atom. The SMILES string of the molecule is CC(CCC/C=C/C(=O)N(C)C)Oc1ccc(I)cc1.CC(CN)Oc1ccc(I)cc1.CC/C=C/C(=O)N(C)C. The van der Waals surface area contributed by atoms with Crippen molar-refractivity contribution >= 4 is 57.0 Å². The third kappa shape index (κ3) is 21.3. The lowest BCUT2D eigenvalue weighted by Crippen LogP contribution is -2.22. The molecule has 2 rings (SSSR count). The third-order valence-electron chi connectivity index (χ3n) is 5.25. The molecule has 0 aromatic heterocycles. The van der Waals surface area contributed by atoms with Crippen LogP contribution in [0.25, 0.3) is 0 Å². The van der Waals surface area contributed by atoms with Crippen molar-refractivity contribution in [3.63, 3.8) is 0 Å². The summed E-state index contributed by atoms with van der Waals surface area (Å²) in [5.74, 6) is 1.88. The first-order valence-corrected chi connectivity index (χ1v) is 15.8. The van der Waals surface area contributed by atoms with Crippen molar-refractivity contribution in [2.75, 3.05) is 34.7 Å². The van der Waals surface area contributed by atoms with Gasteiger partial charge in [-0.3, -0.25) is 9.59 Å². The first-order valence-electron chi connectivity index (χ1n) is 13.7. The summed E-state index contributed by atoms with van der Waals surface area (Å²) in [5, 5.41) is 0. The molecule has 228 valence electrons. The van der Waals surface area contributed by atoms with Gasteiger partial charge in [-0.15, -0.1) is 0 Å². The Bertz CT molecular complexity index is 1040. The molecule has 0 saturated carbocycles. The number of hydrogen-bond donors (Lipinski definition) is 1. The second-order valence-corrected chi connectivity index (χ2v) is 12.1. The highest BCUT2D eigenvalue weighted by Crippen LogP contribution is 2.17. The van der Waals surface area contributed by atoms with E-state index in [1.165, 1.54) is 7.14 Å². The molecule has 0 spiro atoms. The van der Waals surface area contributed by atoms with Crippen molar-refractivity contribution in [2.24, 2.45) is 5.73 Å². The quantitative estimate of drug-likeness (QED) is 0.143. The summed E-state index contributed by atoms with van der Waals surface area (Å²) in [6, 6.07) is 16.0. The smallest absolute Gasteiger partial charge is 0.245 e. The van der Waals surface area contributed by atoms with Crippen LogP contribution < -0.4 is 15.2 Å². The van der Waals surface area contributed by atoms with E-state index < -0.39 is 0 Å².